The number of carbonyl (C=O) groups is 4. The summed E-state index contributed by atoms with van der Waals surface area (Å²) in [5.41, 5.74) is 0.863. The van der Waals surface area contributed by atoms with Gasteiger partial charge in [0.1, 0.15) is 5.92 Å². The van der Waals surface area contributed by atoms with E-state index in [1.807, 2.05) is 0 Å². The van der Waals surface area contributed by atoms with E-state index in [0.29, 0.717) is 5.56 Å². The third kappa shape index (κ3) is 2.46. The van der Waals surface area contributed by atoms with Gasteiger partial charge in [0, 0.05) is 18.1 Å². The lowest BCUT2D eigenvalue weighted by Crippen LogP contribution is -2.25. The van der Waals surface area contributed by atoms with Crippen molar-refractivity contribution in [2.75, 3.05) is 5.32 Å². The van der Waals surface area contributed by atoms with Gasteiger partial charge in [-0.05, 0) is 6.07 Å². The Bertz CT molecular complexity index is 839. The highest BCUT2D eigenvalue weighted by molar-refractivity contribution is 6.39. The summed E-state index contributed by atoms with van der Waals surface area (Å²) in [4.78, 5) is 48.9. The minimum atomic E-state index is -1.37. The van der Waals surface area contributed by atoms with Crippen LogP contribution >= 0.6 is 0 Å². The molecule has 1 unspecified atom stereocenters. The maximum Gasteiger partial charge on any atom is 0.221 e. The summed E-state index contributed by atoms with van der Waals surface area (Å²) in [6.07, 6.45) is 0. The van der Waals surface area contributed by atoms with E-state index in [-0.39, 0.29) is 22.7 Å². The number of benzene rings is 2. The maximum atomic E-state index is 12.6. The number of ketones is 3. The van der Waals surface area contributed by atoms with Crippen LogP contribution in [0.1, 0.15) is 38.0 Å². The number of rotatable bonds is 3. The van der Waals surface area contributed by atoms with Crippen LogP contribution < -0.4 is 5.32 Å². The molecule has 0 saturated heterocycles. The fraction of sp³-hybridized carbons (Fsp3) is 0.111. The van der Waals surface area contributed by atoms with Crippen molar-refractivity contribution in [2.24, 2.45) is 5.92 Å². The summed E-state index contributed by atoms with van der Waals surface area (Å²) in [6, 6.07) is 12.9. The van der Waals surface area contributed by atoms with E-state index < -0.39 is 23.3 Å². The quantitative estimate of drug-likeness (QED) is 0.698. The monoisotopic (exact) mass is 307 g/mol. The first-order valence-corrected chi connectivity index (χ1v) is 7.09. The molecule has 1 atom stereocenters. The van der Waals surface area contributed by atoms with E-state index in [9.17, 15) is 19.2 Å². The van der Waals surface area contributed by atoms with E-state index in [0.717, 1.165) is 0 Å². The third-order valence-corrected chi connectivity index (χ3v) is 3.73. The minimum absolute atomic E-state index is 0.113. The topological polar surface area (TPSA) is 80.3 Å². The molecule has 0 bridgehead atoms. The molecule has 5 nitrogen and oxygen atoms in total. The van der Waals surface area contributed by atoms with Gasteiger partial charge in [0.25, 0.3) is 0 Å². The van der Waals surface area contributed by atoms with Gasteiger partial charge in [0.15, 0.2) is 17.3 Å². The van der Waals surface area contributed by atoms with Gasteiger partial charge in [0.05, 0.1) is 11.3 Å². The Morgan fingerprint density at radius 1 is 0.913 bits per heavy atom. The molecule has 1 aliphatic carbocycles. The Labute approximate surface area is 132 Å². The van der Waals surface area contributed by atoms with Crippen molar-refractivity contribution in [1.82, 2.24) is 0 Å². The fourth-order valence-electron chi connectivity index (χ4n) is 2.74. The third-order valence-electron chi connectivity index (χ3n) is 3.73. The molecule has 0 radical (unpaired) electrons. The lowest BCUT2D eigenvalue weighted by molar-refractivity contribution is -0.114. The molecule has 0 saturated carbocycles. The fourth-order valence-corrected chi connectivity index (χ4v) is 2.74. The Hall–Kier alpha value is -3.08. The van der Waals surface area contributed by atoms with Crippen molar-refractivity contribution >= 4 is 28.9 Å². The van der Waals surface area contributed by atoms with Gasteiger partial charge in [-0.2, -0.15) is 0 Å². The predicted octanol–water partition coefficient (Wildman–Crippen LogP) is 2.52. The van der Waals surface area contributed by atoms with Gasteiger partial charge in [-0.25, -0.2) is 0 Å². The highest BCUT2D eigenvalue weighted by Crippen LogP contribution is 2.34. The molecule has 114 valence electrons. The van der Waals surface area contributed by atoms with Crippen LogP contribution in [0.5, 0.6) is 0 Å². The molecular weight excluding hydrogens is 294 g/mol. The lowest BCUT2D eigenvalue weighted by Gasteiger charge is -2.07. The van der Waals surface area contributed by atoms with E-state index in [4.69, 9.17) is 0 Å². The van der Waals surface area contributed by atoms with Crippen molar-refractivity contribution in [3.8, 4) is 0 Å². The largest absolute Gasteiger partial charge is 0.326 e. The second-order valence-corrected chi connectivity index (χ2v) is 5.30. The normalized spacial score (nSPS) is 16.1. The highest BCUT2D eigenvalue weighted by Gasteiger charge is 2.44. The molecule has 5 heteroatoms. The number of carbonyl (C=O) groups excluding carboxylic acids is 4. The Morgan fingerprint density at radius 3 is 2.26 bits per heavy atom. The smallest absolute Gasteiger partial charge is 0.221 e. The van der Waals surface area contributed by atoms with Crippen LogP contribution in [0.25, 0.3) is 0 Å². The maximum absolute atomic E-state index is 12.6. The summed E-state index contributed by atoms with van der Waals surface area (Å²) in [5.74, 6) is -3.33. The molecule has 0 heterocycles. The summed E-state index contributed by atoms with van der Waals surface area (Å²) in [5, 5.41) is 2.53. The molecule has 1 aliphatic rings. The van der Waals surface area contributed by atoms with Crippen molar-refractivity contribution < 1.29 is 19.2 Å². The SMILES string of the molecule is CC(=O)Nc1cccc2c1C(=O)C(C(=O)c1ccccc1)C2=O. The molecule has 2 aromatic rings. The molecule has 0 aliphatic heterocycles. The summed E-state index contributed by atoms with van der Waals surface area (Å²) in [6.45, 7) is 1.31. The van der Waals surface area contributed by atoms with Crippen LogP contribution in [0.2, 0.25) is 0 Å². The van der Waals surface area contributed by atoms with Crippen LogP contribution in [0, 0.1) is 5.92 Å². The standard InChI is InChI=1S/C18H13NO4/c1-10(20)19-13-9-5-8-12-14(13)18(23)15(17(12)22)16(21)11-6-3-2-4-7-11/h2-9,15H,1H3,(H,19,20). The minimum Gasteiger partial charge on any atom is -0.326 e. The van der Waals surface area contributed by atoms with Gasteiger partial charge in [0.2, 0.25) is 5.91 Å². The van der Waals surface area contributed by atoms with E-state index in [1.54, 1.807) is 42.5 Å². The average molecular weight is 307 g/mol. The number of nitrogens with one attached hydrogen (secondary N) is 1. The van der Waals surface area contributed by atoms with Gasteiger partial charge >= 0.3 is 0 Å². The summed E-state index contributed by atoms with van der Waals surface area (Å²) in [7, 11) is 0. The van der Waals surface area contributed by atoms with E-state index in [2.05, 4.69) is 5.32 Å². The number of amides is 1. The molecule has 0 spiro atoms. The molecular formula is C18H13NO4. The molecule has 3 rings (SSSR count). The first-order valence-electron chi connectivity index (χ1n) is 7.09. The molecule has 23 heavy (non-hydrogen) atoms. The number of fused-ring (bicyclic) bond motifs is 1. The molecule has 2 aromatic carbocycles. The van der Waals surface area contributed by atoms with Crippen LogP contribution in [-0.4, -0.2) is 23.3 Å². The second-order valence-electron chi connectivity index (χ2n) is 5.30. The van der Waals surface area contributed by atoms with E-state index >= 15 is 0 Å². The van der Waals surface area contributed by atoms with Crippen molar-refractivity contribution in [1.29, 1.82) is 0 Å². The van der Waals surface area contributed by atoms with Crippen molar-refractivity contribution in [2.45, 2.75) is 6.92 Å². The van der Waals surface area contributed by atoms with Crippen molar-refractivity contribution in [3.63, 3.8) is 0 Å². The van der Waals surface area contributed by atoms with Crippen molar-refractivity contribution in [3.05, 3.63) is 65.2 Å². The lowest BCUT2D eigenvalue weighted by atomic mass is 9.93. The first-order chi connectivity index (χ1) is 11.0. The number of hydrogen-bond acceptors (Lipinski definition) is 4. The number of hydrogen-bond donors (Lipinski definition) is 1. The zero-order valence-electron chi connectivity index (χ0n) is 12.3. The van der Waals surface area contributed by atoms with Crippen LogP contribution in [-0.2, 0) is 4.79 Å². The zero-order chi connectivity index (χ0) is 16.6. The summed E-state index contributed by atoms with van der Waals surface area (Å²) < 4.78 is 0. The Morgan fingerprint density at radius 2 is 1.61 bits per heavy atom. The summed E-state index contributed by atoms with van der Waals surface area (Å²) >= 11 is 0. The van der Waals surface area contributed by atoms with E-state index in [1.165, 1.54) is 13.0 Å². The predicted molar refractivity (Wildman–Crippen MR) is 83.7 cm³/mol. The molecule has 0 aromatic heterocycles. The van der Waals surface area contributed by atoms with Crippen LogP contribution in [0.15, 0.2) is 48.5 Å². The Balaban J connectivity index is 2.04. The molecule has 0 fully saturated rings. The van der Waals surface area contributed by atoms with Gasteiger partial charge in [-0.1, -0.05) is 42.5 Å². The zero-order valence-corrected chi connectivity index (χ0v) is 12.3. The highest BCUT2D eigenvalue weighted by atomic mass is 16.2. The number of anilines is 1. The molecule has 1 amide bonds. The Kier molecular flexibility index (Phi) is 3.62. The van der Waals surface area contributed by atoms with Gasteiger partial charge < -0.3 is 5.32 Å². The van der Waals surface area contributed by atoms with Crippen LogP contribution in [0.4, 0.5) is 5.69 Å². The van der Waals surface area contributed by atoms with Gasteiger partial charge in [-0.3, -0.25) is 19.2 Å². The number of Topliss-reactive ketones (excluding diaryl/α,β-unsaturated/α-hetero) is 3. The van der Waals surface area contributed by atoms with Crippen LogP contribution in [0.3, 0.4) is 0 Å². The van der Waals surface area contributed by atoms with Gasteiger partial charge in [-0.15, -0.1) is 0 Å². The molecule has 1 N–H and O–H groups in total. The average Bonchev–Trinajstić information content (AvgIpc) is 2.79. The second kappa shape index (κ2) is 5.61. The first kappa shape index (κ1) is 14.8.